The zero-order valence-corrected chi connectivity index (χ0v) is 16.5. The molecule has 6 heteroatoms. The molecule has 0 aliphatic rings. The van der Waals surface area contributed by atoms with E-state index < -0.39 is 0 Å². The van der Waals surface area contributed by atoms with Gasteiger partial charge in [-0.3, -0.25) is 4.68 Å². The first-order valence-electron chi connectivity index (χ1n) is 7.92. The first-order chi connectivity index (χ1) is 12.0. The highest BCUT2D eigenvalue weighted by Gasteiger charge is 2.03. The Kier molecular flexibility index (Phi) is 5.50. The molecule has 3 rings (SSSR count). The van der Waals surface area contributed by atoms with Crippen molar-refractivity contribution in [3.63, 3.8) is 0 Å². The molecule has 0 spiro atoms. The van der Waals surface area contributed by atoms with Crippen LogP contribution in [0.15, 0.2) is 59.3 Å². The molecular formula is C19H19BrN4S. The lowest BCUT2D eigenvalue weighted by Gasteiger charge is -2.13. The van der Waals surface area contributed by atoms with Crippen LogP contribution >= 0.6 is 28.1 Å². The van der Waals surface area contributed by atoms with E-state index in [1.165, 1.54) is 11.1 Å². The number of hydrogen-bond acceptors (Lipinski definition) is 2. The second-order valence-corrected chi connectivity index (χ2v) is 7.26. The summed E-state index contributed by atoms with van der Waals surface area (Å²) >= 11 is 8.84. The van der Waals surface area contributed by atoms with Crippen molar-refractivity contribution in [2.45, 2.75) is 20.4 Å². The molecule has 1 heterocycles. The highest BCUT2D eigenvalue weighted by atomic mass is 79.9. The molecule has 25 heavy (non-hydrogen) atoms. The fourth-order valence-corrected chi connectivity index (χ4v) is 3.04. The lowest BCUT2D eigenvalue weighted by molar-refractivity contribution is 0.687. The van der Waals surface area contributed by atoms with E-state index in [2.05, 4.69) is 69.8 Å². The van der Waals surface area contributed by atoms with Crippen molar-refractivity contribution >= 4 is 44.6 Å². The van der Waals surface area contributed by atoms with Crippen LogP contribution in [-0.4, -0.2) is 14.9 Å². The predicted octanol–water partition coefficient (Wildman–Crippen LogP) is 5.12. The number of nitrogens with one attached hydrogen (secondary N) is 2. The summed E-state index contributed by atoms with van der Waals surface area (Å²) in [7, 11) is 0. The van der Waals surface area contributed by atoms with E-state index in [1.807, 2.05) is 29.1 Å². The second-order valence-electron chi connectivity index (χ2n) is 5.93. The number of benzene rings is 2. The highest BCUT2D eigenvalue weighted by molar-refractivity contribution is 9.10. The van der Waals surface area contributed by atoms with Crippen LogP contribution in [0.1, 0.15) is 16.7 Å². The first-order valence-corrected chi connectivity index (χ1v) is 9.12. The van der Waals surface area contributed by atoms with E-state index in [9.17, 15) is 0 Å². The molecule has 0 saturated heterocycles. The average Bonchev–Trinajstić information content (AvgIpc) is 2.96. The lowest BCUT2D eigenvalue weighted by Crippen LogP contribution is -2.19. The summed E-state index contributed by atoms with van der Waals surface area (Å²) in [6, 6.07) is 14.4. The average molecular weight is 415 g/mol. The SMILES string of the molecule is Cc1ccc(NC(=S)Nc2cccc(Cn3cc(Br)cn3)c2)cc1C. The minimum Gasteiger partial charge on any atom is -0.332 e. The van der Waals surface area contributed by atoms with Gasteiger partial charge in [-0.25, -0.2) is 0 Å². The number of anilines is 2. The standard InChI is InChI=1S/C19H19BrN4S/c1-13-6-7-18(8-14(13)2)23-19(25)22-17-5-3-4-15(9-17)11-24-12-16(20)10-21-24/h3-10,12H,11H2,1-2H3,(H2,22,23,25). The van der Waals surface area contributed by atoms with Crippen molar-refractivity contribution in [2.24, 2.45) is 0 Å². The maximum Gasteiger partial charge on any atom is 0.175 e. The first kappa shape index (κ1) is 17.6. The van der Waals surface area contributed by atoms with E-state index in [0.717, 1.165) is 21.4 Å². The normalized spacial score (nSPS) is 10.5. The van der Waals surface area contributed by atoms with Crippen molar-refractivity contribution in [1.29, 1.82) is 0 Å². The quantitative estimate of drug-likeness (QED) is 0.581. The van der Waals surface area contributed by atoms with E-state index in [0.29, 0.717) is 11.7 Å². The molecule has 3 aromatic rings. The van der Waals surface area contributed by atoms with Crippen LogP contribution in [0.3, 0.4) is 0 Å². The number of hydrogen-bond donors (Lipinski definition) is 2. The van der Waals surface area contributed by atoms with E-state index in [-0.39, 0.29) is 0 Å². The minimum absolute atomic E-state index is 0.572. The molecular weight excluding hydrogens is 396 g/mol. The number of thiocarbonyl (C=S) groups is 1. The topological polar surface area (TPSA) is 41.9 Å². The third kappa shape index (κ3) is 4.90. The lowest BCUT2D eigenvalue weighted by atomic mass is 10.1. The van der Waals surface area contributed by atoms with Crippen LogP contribution < -0.4 is 10.6 Å². The Bertz CT molecular complexity index is 904. The van der Waals surface area contributed by atoms with Crippen molar-refractivity contribution in [1.82, 2.24) is 9.78 Å². The molecule has 0 bridgehead atoms. The van der Waals surface area contributed by atoms with Gasteiger partial charge < -0.3 is 10.6 Å². The summed E-state index contributed by atoms with van der Waals surface area (Å²) in [6.07, 6.45) is 3.73. The molecule has 0 atom stereocenters. The Labute approximate surface area is 161 Å². The van der Waals surface area contributed by atoms with Crippen molar-refractivity contribution < 1.29 is 0 Å². The molecule has 2 N–H and O–H groups in total. The van der Waals surface area contributed by atoms with Gasteiger partial charge in [0.15, 0.2) is 5.11 Å². The number of nitrogens with zero attached hydrogens (tertiary/aromatic N) is 2. The number of aryl methyl sites for hydroxylation is 2. The van der Waals surface area contributed by atoms with Crippen LogP contribution in [-0.2, 0) is 6.54 Å². The molecule has 128 valence electrons. The largest absolute Gasteiger partial charge is 0.332 e. The van der Waals surface area contributed by atoms with Gasteiger partial charge in [0.05, 0.1) is 17.2 Å². The summed E-state index contributed by atoms with van der Waals surface area (Å²) in [4.78, 5) is 0. The van der Waals surface area contributed by atoms with Crippen molar-refractivity contribution in [3.05, 3.63) is 76.0 Å². The molecule has 4 nitrogen and oxygen atoms in total. The van der Waals surface area contributed by atoms with Gasteiger partial charge in [0.25, 0.3) is 0 Å². The van der Waals surface area contributed by atoms with Gasteiger partial charge in [-0.2, -0.15) is 5.10 Å². The summed E-state index contributed by atoms with van der Waals surface area (Å²) in [5.41, 5.74) is 5.58. The molecule has 0 amide bonds. The fraction of sp³-hybridized carbons (Fsp3) is 0.158. The number of rotatable bonds is 4. The van der Waals surface area contributed by atoms with Gasteiger partial charge in [-0.05, 0) is 83.0 Å². The zero-order valence-electron chi connectivity index (χ0n) is 14.1. The Balaban J connectivity index is 1.64. The Morgan fingerprint density at radius 3 is 2.52 bits per heavy atom. The third-order valence-corrected chi connectivity index (χ3v) is 4.51. The predicted molar refractivity (Wildman–Crippen MR) is 111 cm³/mol. The van der Waals surface area contributed by atoms with Crippen molar-refractivity contribution in [3.8, 4) is 0 Å². The van der Waals surface area contributed by atoms with Gasteiger partial charge >= 0.3 is 0 Å². The van der Waals surface area contributed by atoms with Gasteiger partial charge in [-0.1, -0.05) is 18.2 Å². The summed E-state index contributed by atoms with van der Waals surface area (Å²) in [5.74, 6) is 0. The summed E-state index contributed by atoms with van der Waals surface area (Å²) in [6.45, 7) is 4.89. The number of halogens is 1. The van der Waals surface area contributed by atoms with E-state index >= 15 is 0 Å². The van der Waals surface area contributed by atoms with Gasteiger partial charge in [0, 0.05) is 17.6 Å². The smallest absolute Gasteiger partial charge is 0.175 e. The summed E-state index contributed by atoms with van der Waals surface area (Å²) in [5, 5.41) is 11.3. The van der Waals surface area contributed by atoms with Crippen LogP contribution in [0, 0.1) is 13.8 Å². The molecule has 2 aromatic carbocycles. The minimum atomic E-state index is 0.572. The summed E-state index contributed by atoms with van der Waals surface area (Å²) < 4.78 is 2.86. The second kappa shape index (κ2) is 7.80. The molecule has 1 aromatic heterocycles. The fourth-order valence-electron chi connectivity index (χ4n) is 2.47. The van der Waals surface area contributed by atoms with Gasteiger partial charge in [0.2, 0.25) is 0 Å². The van der Waals surface area contributed by atoms with Crippen LogP contribution in [0.2, 0.25) is 0 Å². The zero-order chi connectivity index (χ0) is 17.8. The van der Waals surface area contributed by atoms with Crippen LogP contribution in [0.5, 0.6) is 0 Å². The van der Waals surface area contributed by atoms with Crippen LogP contribution in [0.4, 0.5) is 11.4 Å². The Hall–Kier alpha value is -2.18. The van der Waals surface area contributed by atoms with E-state index in [1.54, 1.807) is 6.20 Å². The molecule has 0 radical (unpaired) electrons. The molecule has 0 fully saturated rings. The molecule has 0 saturated carbocycles. The number of aromatic nitrogens is 2. The maximum atomic E-state index is 5.42. The Morgan fingerprint density at radius 1 is 1.08 bits per heavy atom. The molecule has 0 aliphatic carbocycles. The van der Waals surface area contributed by atoms with Gasteiger partial charge in [0.1, 0.15) is 0 Å². The maximum absolute atomic E-state index is 5.42. The molecule has 0 aliphatic heterocycles. The van der Waals surface area contributed by atoms with Gasteiger partial charge in [-0.15, -0.1) is 0 Å². The van der Waals surface area contributed by atoms with Crippen molar-refractivity contribution in [2.75, 3.05) is 10.6 Å². The monoisotopic (exact) mass is 414 g/mol. The van der Waals surface area contributed by atoms with E-state index in [4.69, 9.17) is 12.2 Å². The highest BCUT2D eigenvalue weighted by Crippen LogP contribution is 2.16. The Morgan fingerprint density at radius 2 is 1.84 bits per heavy atom. The third-order valence-electron chi connectivity index (χ3n) is 3.90. The van der Waals surface area contributed by atoms with Crippen LogP contribution in [0.25, 0.3) is 0 Å². The molecule has 0 unspecified atom stereocenters.